The Kier molecular flexibility index (Phi) is 14.3. The summed E-state index contributed by atoms with van der Waals surface area (Å²) in [5.41, 5.74) is 25.5. The number of nitrogens with zero attached hydrogens (tertiary/aromatic N) is 1. The number of unbranched alkanes of at least 4 members (excludes halogenated alkanes) is 1. The monoisotopic (exact) mass is 783 g/mol. The highest BCUT2D eigenvalue weighted by Crippen LogP contribution is 2.20. The Balaban J connectivity index is 1.27. The minimum Gasteiger partial charge on any atom is -0.368 e. The van der Waals surface area contributed by atoms with Gasteiger partial charge in [0.25, 0.3) is 5.91 Å². The third-order valence-electron chi connectivity index (χ3n) is 9.44. The van der Waals surface area contributed by atoms with Crippen LogP contribution >= 0.6 is 0 Å². The van der Waals surface area contributed by atoms with Gasteiger partial charge in [0.15, 0.2) is 0 Å². The minimum atomic E-state index is -1.25. The van der Waals surface area contributed by atoms with Crippen LogP contribution in [0.5, 0.6) is 0 Å². The largest absolute Gasteiger partial charge is 0.368 e. The molecule has 0 aliphatic carbocycles. The van der Waals surface area contributed by atoms with Crippen molar-refractivity contribution in [3.63, 3.8) is 0 Å². The first kappa shape index (κ1) is 41.4. The zero-order valence-corrected chi connectivity index (χ0v) is 31.4. The summed E-state index contributed by atoms with van der Waals surface area (Å²) >= 11 is 0. The van der Waals surface area contributed by atoms with Crippen molar-refractivity contribution in [1.82, 2.24) is 52.1 Å². The Morgan fingerprint density at radius 2 is 1.28 bits per heavy atom. The summed E-state index contributed by atoms with van der Waals surface area (Å²) < 4.78 is 0. The van der Waals surface area contributed by atoms with E-state index in [0.29, 0.717) is 30.6 Å². The number of rotatable bonds is 19. The molecule has 15 N–H and O–H groups in total. The van der Waals surface area contributed by atoms with Crippen LogP contribution in [0.3, 0.4) is 0 Å². The van der Waals surface area contributed by atoms with Gasteiger partial charge in [0, 0.05) is 65.4 Å². The van der Waals surface area contributed by atoms with Gasteiger partial charge < -0.3 is 53.4 Å². The van der Waals surface area contributed by atoms with Crippen molar-refractivity contribution in [2.75, 3.05) is 6.54 Å². The van der Waals surface area contributed by atoms with E-state index in [9.17, 15) is 28.8 Å². The van der Waals surface area contributed by atoms with E-state index in [1.165, 1.54) is 13.3 Å². The van der Waals surface area contributed by atoms with Crippen molar-refractivity contribution in [2.24, 2.45) is 17.2 Å². The fourth-order valence-electron chi connectivity index (χ4n) is 6.32. The van der Waals surface area contributed by atoms with Gasteiger partial charge >= 0.3 is 6.03 Å². The lowest BCUT2D eigenvalue weighted by molar-refractivity contribution is -0.131. The van der Waals surface area contributed by atoms with Gasteiger partial charge in [-0.2, -0.15) is 0 Å². The number of aromatic nitrogens is 4. The number of nitrogens with two attached hydrogens (primary N) is 3. The summed E-state index contributed by atoms with van der Waals surface area (Å²) in [5.74, 6) is -3.48. The first-order valence-electron chi connectivity index (χ1n) is 18.5. The molecular weight excluding hydrogens is 735 g/mol. The molecule has 19 nitrogen and oxygen atoms in total. The van der Waals surface area contributed by atoms with Gasteiger partial charge in [-0.15, -0.1) is 0 Å². The number of amides is 7. The van der Waals surface area contributed by atoms with Crippen molar-refractivity contribution in [3.05, 3.63) is 90.3 Å². The number of benzene rings is 2. The van der Waals surface area contributed by atoms with Gasteiger partial charge in [0.05, 0.1) is 12.4 Å². The number of fused-ring (bicyclic) bond motifs is 2. The molecule has 0 bridgehead atoms. The average molecular weight is 784 g/mol. The molecule has 302 valence electrons. The number of imidazole rings is 1. The number of hydrogen-bond donors (Lipinski definition) is 12. The fraction of sp³-hybridized carbons (Fsp3) is 0.342. The van der Waals surface area contributed by atoms with Crippen LogP contribution in [0.15, 0.2) is 73.4 Å². The lowest BCUT2D eigenvalue weighted by atomic mass is 10.0. The summed E-state index contributed by atoms with van der Waals surface area (Å²) in [4.78, 5) is 92.0. The highest BCUT2D eigenvalue weighted by atomic mass is 16.2. The maximum atomic E-state index is 13.7. The Morgan fingerprint density at radius 3 is 1.86 bits per heavy atom. The van der Waals surface area contributed by atoms with Crippen molar-refractivity contribution in [2.45, 2.75) is 75.7 Å². The molecule has 0 aliphatic rings. The van der Waals surface area contributed by atoms with Crippen LogP contribution in [-0.2, 0) is 43.2 Å². The zero-order valence-electron chi connectivity index (χ0n) is 31.4. The number of aromatic amines is 3. The van der Waals surface area contributed by atoms with E-state index in [-0.39, 0.29) is 25.7 Å². The second-order valence-electron chi connectivity index (χ2n) is 13.7. The number of hydrazine groups is 1. The van der Waals surface area contributed by atoms with Crippen LogP contribution in [0.1, 0.15) is 43.0 Å². The number of carbonyl (C=O) groups excluding carboxylic acids is 6. The van der Waals surface area contributed by atoms with E-state index in [1.54, 1.807) is 18.6 Å². The molecule has 0 spiro atoms. The van der Waals surface area contributed by atoms with E-state index >= 15 is 0 Å². The summed E-state index contributed by atoms with van der Waals surface area (Å²) in [7, 11) is 0. The van der Waals surface area contributed by atoms with Crippen molar-refractivity contribution in [3.8, 4) is 0 Å². The third kappa shape index (κ3) is 11.4. The molecule has 0 radical (unpaired) electrons. The van der Waals surface area contributed by atoms with Crippen LogP contribution in [0, 0.1) is 0 Å². The number of primary amides is 1. The van der Waals surface area contributed by atoms with Crippen molar-refractivity contribution >= 4 is 57.4 Å². The van der Waals surface area contributed by atoms with Crippen LogP contribution in [0.4, 0.5) is 4.79 Å². The van der Waals surface area contributed by atoms with Crippen molar-refractivity contribution in [1.29, 1.82) is 0 Å². The zero-order chi connectivity index (χ0) is 40.9. The number of carbonyl (C=O) groups is 6. The molecule has 0 fully saturated rings. The number of H-pyrrole nitrogens is 3. The predicted molar refractivity (Wildman–Crippen MR) is 211 cm³/mol. The van der Waals surface area contributed by atoms with E-state index in [1.807, 2.05) is 48.5 Å². The quantitative estimate of drug-likeness (QED) is 0.0380. The lowest BCUT2D eigenvalue weighted by Crippen LogP contribution is -2.60. The average Bonchev–Trinajstić information content (AvgIpc) is 3.97. The SMILES string of the molecule is C[C@@H](NC(=O)[C@H](Cc1c[nH]c2ccccc12)NC(=O)NNC(=O)[C@@H](Cc1c[nH]c2ccccc12)NC(=O)C(N)Cc1cnc[nH]1)C(=O)N[C@@H](CCCCN)C(N)=O. The molecule has 0 saturated carbocycles. The predicted octanol–water partition coefficient (Wildman–Crippen LogP) is -0.485. The van der Waals surface area contributed by atoms with Gasteiger partial charge in [0.2, 0.25) is 23.6 Å². The van der Waals surface area contributed by atoms with Gasteiger partial charge in [-0.25, -0.2) is 15.2 Å². The first-order valence-corrected chi connectivity index (χ1v) is 18.5. The van der Waals surface area contributed by atoms with Crippen LogP contribution < -0.4 is 49.3 Å². The number of para-hydroxylation sites is 2. The second kappa shape index (κ2) is 19.7. The maximum Gasteiger partial charge on any atom is 0.334 e. The third-order valence-corrected chi connectivity index (χ3v) is 9.44. The number of nitrogens with one attached hydrogen (secondary N) is 9. The van der Waals surface area contributed by atoms with E-state index in [2.05, 4.69) is 52.1 Å². The lowest BCUT2D eigenvalue weighted by Gasteiger charge is -2.23. The fourth-order valence-corrected chi connectivity index (χ4v) is 6.32. The molecule has 0 saturated heterocycles. The Bertz CT molecular complexity index is 2160. The molecule has 5 atom stereocenters. The Morgan fingerprint density at radius 1 is 0.684 bits per heavy atom. The molecule has 1 unspecified atom stereocenters. The van der Waals surface area contributed by atoms with Gasteiger partial charge in [-0.05, 0) is 56.0 Å². The summed E-state index contributed by atoms with van der Waals surface area (Å²) in [6, 6.07) is 8.32. The molecule has 7 amide bonds. The molecule has 57 heavy (non-hydrogen) atoms. The summed E-state index contributed by atoms with van der Waals surface area (Å²) in [6.07, 6.45) is 8.07. The molecule has 3 heterocycles. The van der Waals surface area contributed by atoms with Crippen LogP contribution in [0.2, 0.25) is 0 Å². The Labute approximate surface area is 327 Å². The minimum absolute atomic E-state index is 0.0119. The highest BCUT2D eigenvalue weighted by molar-refractivity contribution is 5.95. The van der Waals surface area contributed by atoms with Crippen LogP contribution in [0.25, 0.3) is 21.8 Å². The highest BCUT2D eigenvalue weighted by Gasteiger charge is 2.29. The summed E-state index contributed by atoms with van der Waals surface area (Å²) in [6.45, 7) is 1.84. The Hall–Kier alpha value is -6.73. The van der Waals surface area contributed by atoms with Gasteiger partial charge in [-0.3, -0.25) is 29.4 Å². The van der Waals surface area contributed by atoms with Crippen LogP contribution in [-0.4, -0.2) is 92.3 Å². The molecule has 19 heteroatoms. The van der Waals surface area contributed by atoms with E-state index in [0.717, 1.165) is 27.4 Å². The van der Waals surface area contributed by atoms with E-state index in [4.69, 9.17) is 17.2 Å². The maximum absolute atomic E-state index is 13.7. The molecule has 3 aromatic heterocycles. The number of hydrogen-bond acceptors (Lipinski definition) is 9. The molecule has 0 aliphatic heterocycles. The van der Waals surface area contributed by atoms with Gasteiger partial charge in [0.1, 0.15) is 24.2 Å². The second-order valence-corrected chi connectivity index (χ2v) is 13.7. The van der Waals surface area contributed by atoms with Crippen molar-refractivity contribution < 1.29 is 28.8 Å². The molecule has 5 rings (SSSR count). The molecule has 2 aromatic carbocycles. The molecular formula is C38H49N13O6. The smallest absolute Gasteiger partial charge is 0.334 e. The number of urea groups is 1. The van der Waals surface area contributed by atoms with Gasteiger partial charge in [-0.1, -0.05) is 36.4 Å². The first-order chi connectivity index (χ1) is 27.4. The topological polar surface area (TPSA) is 313 Å². The molecule has 5 aromatic rings. The normalized spacial score (nSPS) is 13.8. The van der Waals surface area contributed by atoms with E-state index < -0.39 is 65.8 Å². The standard InChI is InChI=1S/C38H49N13O6/c1-21(34(53)47-30(33(41)52)12-6-7-13-39)46-36(55)31(14-22-17-43-28-10-4-2-8-25(22)28)49-38(57)51-50-37(56)32(15-23-18-44-29-11-5-3-9-26(23)29)48-35(54)27(40)16-24-19-42-20-45-24/h2-5,8-11,17-21,27,30-32,43-44H,6-7,12-16,39-40H2,1H3,(H2,41,52)(H,42,45)(H,46,55)(H,47,53)(H,48,54)(H,50,56)(H2,49,51,57)/t21-,27?,30+,31+,32-/m1/s1. The summed E-state index contributed by atoms with van der Waals surface area (Å²) in [5, 5.41) is 12.1.